The predicted octanol–water partition coefficient (Wildman–Crippen LogP) is 4.21. The Balaban J connectivity index is 0.000000211. The molecule has 0 aliphatic carbocycles. The van der Waals surface area contributed by atoms with Crippen LogP contribution in [0.3, 0.4) is 0 Å². The van der Waals surface area contributed by atoms with E-state index in [0.29, 0.717) is 12.2 Å². The standard InChI is InChI=1S/2C14H16N.C4H4O4/c2*1-15(2,13-9-5-3-6-10-13)14-11-7-4-8-12-14;5-3(6)1-2-4(7)8/h2*3-12H,1-2H3;1-2H,(H,5,6)(H,7,8)/q2*+1;/p-2. The smallest absolute Gasteiger partial charge is 0.137 e. The molecule has 4 aromatic carbocycles. The second-order valence-electron chi connectivity index (χ2n) is 9.22. The van der Waals surface area contributed by atoms with Crippen LogP contribution in [0.25, 0.3) is 0 Å². The number of quaternary nitrogens is 2. The number of benzene rings is 4. The predicted molar refractivity (Wildman–Crippen MR) is 152 cm³/mol. The first-order chi connectivity index (χ1) is 18.0. The molecule has 0 unspecified atom stereocenters. The third-order valence-electron chi connectivity index (χ3n) is 5.96. The topological polar surface area (TPSA) is 80.3 Å². The first kappa shape index (κ1) is 29.7. The number of para-hydroxylation sites is 4. The molecule has 0 N–H and O–H groups in total. The highest BCUT2D eigenvalue weighted by atomic mass is 16.4. The number of hydrogen-bond donors (Lipinski definition) is 0. The third-order valence-corrected chi connectivity index (χ3v) is 5.96. The van der Waals surface area contributed by atoms with Gasteiger partial charge in [-0.05, 0) is 60.7 Å². The lowest BCUT2D eigenvalue weighted by Gasteiger charge is -2.28. The Bertz CT molecular complexity index is 1100. The molecule has 6 heteroatoms. The molecule has 38 heavy (non-hydrogen) atoms. The Labute approximate surface area is 225 Å². The van der Waals surface area contributed by atoms with Gasteiger partial charge < -0.3 is 19.8 Å². The molecule has 0 spiro atoms. The van der Waals surface area contributed by atoms with Gasteiger partial charge in [0.15, 0.2) is 0 Å². The van der Waals surface area contributed by atoms with E-state index in [2.05, 4.69) is 150 Å². The highest BCUT2D eigenvalue weighted by Crippen LogP contribution is 2.30. The molecule has 0 bridgehead atoms. The molecular formula is C32H34N2O4. The molecule has 0 atom stereocenters. The number of aliphatic carboxylic acids is 2. The normalized spacial score (nSPS) is 10.9. The Morgan fingerprint density at radius 3 is 0.789 bits per heavy atom. The molecule has 0 saturated carbocycles. The van der Waals surface area contributed by atoms with Crippen LogP contribution in [0.4, 0.5) is 22.7 Å². The zero-order chi connectivity index (χ0) is 28.0. The number of carbonyl (C=O) groups excluding carboxylic acids is 2. The van der Waals surface area contributed by atoms with Crippen molar-refractivity contribution in [2.24, 2.45) is 0 Å². The van der Waals surface area contributed by atoms with Gasteiger partial charge in [0.05, 0.1) is 40.1 Å². The van der Waals surface area contributed by atoms with Crippen LogP contribution in [0, 0.1) is 0 Å². The number of carboxylic acid groups (broad SMARTS) is 2. The van der Waals surface area contributed by atoms with Crippen molar-refractivity contribution in [3.63, 3.8) is 0 Å². The Kier molecular flexibility index (Phi) is 11.2. The van der Waals surface area contributed by atoms with Gasteiger partial charge in [-0.25, -0.2) is 0 Å². The molecule has 4 aromatic rings. The molecule has 0 saturated heterocycles. The molecule has 0 fully saturated rings. The van der Waals surface area contributed by atoms with Gasteiger partial charge in [0.2, 0.25) is 0 Å². The van der Waals surface area contributed by atoms with Crippen molar-refractivity contribution < 1.29 is 19.8 Å². The van der Waals surface area contributed by atoms with Crippen LogP contribution in [0.15, 0.2) is 133 Å². The van der Waals surface area contributed by atoms with Gasteiger partial charge in [-0.15, -0.1) is 0 Å². The lowest BCUT2D eigenvalue weighted by molar-refractivity contribution is -0.301. The van der Waals surface area contributed by atoms with Crippen molar-refractivity contribution in [2.75, 3.05) is 28.2 Å². The summed E-state index contributed by atoms with van der Waals surface area (Å²) >= 11 is 0. The fourth-order valence-electron chi connectivity index (χ4n) is 3.64. The molecule has 4 rings (SSSR count). The molecule has 196 valence electrons. The van der Waals surface area contributed by atoms with Crippen molar-refractivity contribution in [1.82, 2.24) is 8.97 Å². The number of hydrogen-bond acceptors (Lipinski definition) is 4. The fraction of sp³-hybridized carbons (Fsp3) is 0.125. The van der Waals surface area contributed by atoms with E-state index in [1.807, 2.05) is 0 Å². The van der Waals surface area contributed by atoms with Crippen molar-refractivity contribution in [2.45, 2.75) is 0 Å². The van der Waals surface area contributed by atoms with Crippen LogP contribution >= 0.6 is 0 Å². The Hall–Kier alpha value is -4.52. The van der Waals surface area contributed by atoms with Gasteiger partial charge in [0.25, 0.3) is 0 Å². The minimum Gasteiger partial charge on any atom is -0.545 e. The van der Waals surface area contributed by atoms with E-state index in [9.17, 15) is 19.8 Å². The van der Waals surface area contributed by atoms with Crippen LogP contribution in [0.1, 0.15) is 0 Å². The Morgan fingerprint density at radius 2 is 0.632 bits per heavy atom. The summed E-state index contributed by atoms with van der Waals surface area (Å²) < 4.78 is 1.56. The van der Waals surface area contributed by atoms with E-state index in [1.165, 1.54) is 22.7 Å². The molecule has 0 heterocycles. The largest absolute Gasteiger partial charge is 0.545 e. The maximum Gasteiger partial charge on any atom is 0.137 e. The summed E-state index contributed by atoms with van der Waals surface area (Å²) in [7, 11) is 8.80. The SMILES string of the molecule is C[N+](C)(c1ccccc1)c1ccccc1.C[N+](C)(c1ccccc1)c1ccccc1.O=C([O-])C=CC(=O)[O-]. The molecule has 6 nitrogen and oxygen atoms in total. The number of carbonyl (C=O) groups is 2. The maximum absolute atomic E-state index is 9.41. The van der Waals surface area contributed by atoms with Crippen molar-refractivity contribution in [3.05, 3.63) is 133 Å². The average Bonchev–Trinajstić information content (AvgIpc) is 2.94. The van der Waals surface area contributed by atoms with E-state index >= 15 is 0 Å². The van der Waals surface area contributed by atoms with E-state index in [-0.39, 0.29) is 0 Å². The number of carboxylic acids is 2. The van der Waals surface area contributed by atoms with Gasteiger partial charge in [0, 0.05) is 0 Å². The summed E-state index contributed by atoms with van der Waals surface area (Å²) in [4.78, 5) is 18.8. The van der Waals surface area contributed by atoms with E-state index < -0.39 is 11.9 Å². The summed E-state index contributed by atoms with van der Waals surface area (Å²) in [6, 6.07) is 42.1. The van der Waals surface area contributed by atoms with Crippen LogP contribution in [-0.2, 0) is 9.59 Å². The molecule has 0 amide bonds. The van der Waals surface area contributed by atoms with Gasteiger partial charge >= 0.3 is 0 Å². The van der Waals surface area contributed by atoms with Crippen molar-refractivity contribution in [3.8, 4) is 0 Å². The highest BCUT2D eigenvalue weighted by molar-refractivity contribution is 5.87. The summed E-state index contributed by atoms with van der Waals surface area (Å²) in [5.41, 5.74) is 5.18. The molecule has 0 aliphatic heterocycles. The lowest BCUT2D eigenvalue weighted by Crippen LogP contribution is -2.33. The van der Waals surface area contributed by atoms with Crippen LogP contribution in [0.2, 0.25) is 0 Å². The summed E-state index contributed by atoms with van der Waals surface area (Å²) in [5, 5.41) is 18.8. The van der Waals surface area contributed by atoms with Gasteiger partial charge in [-0.2, -0.15) is 0 Å². The molecule has 0 aromatic heterocycles. The van der Waals surface area contributed by atoms with E-state index in [4.69, 9.17) is 0 Å². The molecular weight excluding hydrogens is 476 g/mol. The summed E-state index contributed by atoms with van der Waals surface area (Å²) in [5.74, 6) is -3.09. The minimum absolute atomic E-state index is 0.384. The maximum atomic E-state index is 9.41. The second-order valence-corrected chi connectivity index (χ2v) is 9.22. The van der Waals surface area contributed by atoms with Crippen molar-refractivity contribution in [1.29, 1.82) is 0 Å². The van der Waals surface area contributed by atoms with E-state index in [1.54, 1.807) is 0 Å². The van der Waals surface area contributed by atoms with Gasteiger partial charge in [-0.1, -0.05) is 72.8 Å². The zero-order valence-corrected chi connectivity index (χ0v) is 22.2. The minimum atomic E-state index is -1.55. The second kappa shape index (κ2) is 14.3. The lowest BCUT2D eigenvalue weighted by atomic mass is 10.2. The van der Waals surface area contributed by atoms with Crippen LogP contribution in [0.5, 0.6) is 0 Å². The number of rotatable bonds is 6. The summed E-state index contributed by atoms with van der Waals surface area (Å²) in [6.45, 7) is 0. The Morgan fingerprint density at radius 1 is 0.447 bits per heavy atom. The fourth-order valence-corrected chi connectivity index (χ4v) is 3.64. The average molecular weight is 511 g/mol. The monoisotopic (exact) mass is 510 g/mol. The quantitative estimate of drug-likeness (QED) is 0.287. The van der Waals surface area contributed by atoms with Gasteiger partial charge in [-0.3, -0.25) is 8.97 Å². The highest BCUT2D eigenvalue weighted by Gasteiger charge is 2.21. The zero-order valence-electron chi connectivity index (χ0n) is 22.2. The van der Waals surface area contributed by atoms with E-state index in [0.717, 1.165) is 8.97 Å². The first-order valence-electron chi connectivity index (χ1n) is 12.1. The van der Waals surface area contributed by atoms with Gasteiger partial charge in [0.1, 0.15) is 22.7 Å². The molecule has 0 aliphatic rings. The van der Waals surface area contributed by atoms with Crippen LogP contribution < -0.4 is 19.2 Å². The number of nitrogens with zero attached hydrogens (tertiary/aromatic N) is 2. The molecule has 0 radical (unpaired) electrons. The summed E-state index contributed by atoms with van der Waals surface area (Å²) in [6.07, 6.45) is 0.769. The van der Waals surface area contributed by atoms with Crippen LogP contribution in [-0.4, -0.2) is 40.1 Å². The first-order valence-corrected chi connectivity index (χ1v) is 12.1. The van der Waals surface area contributed by atoms with Crippen molar-refractivity contribution >= 4 is 34.7 Å². The third kappa shape index (κ3) is 9.17.